The molecule has 12 heteroatoms. The molecule has 9 nitrogen and oxygen atoms in total. The monoisotopic (exact) mass is 453 g/mol. The highest BCUT2D eigenvalue weighted by Crippen LogP contribution is 2.30. The Labute approximate surface area is 181 Å². The van der Waals surface area contributed by atoms with Gasteiger partial charge in [-0.15, -0.1) is 0 Å². The number of ether oxygens (including phenoxy) is 1. The number of hydrogen-bond donors (Lipinski definition) is 1. The zero-order chi connectivity index (χ0) is 23.3. The number of rotatable bonds is 6. The van der Waals surface area contributed by atoms with Crippen molar-refractivity contribution in [1.29, 1.82) is 0 Å². The van der Waals surface area contributed by atoms with E-state index in [1.165, 1.54) is 31.4 Å². The molecule has 0 radical (unpaired) electrons. The summed E-state index contributed by atoms with van der Waals surface area (Å²) in [5, 5.41) is 13.8. The smallest absolute Gasteiger partial charge is 0.417 e. The first-order valence-electron chi connectivity index (χ1n) is 9.80. The van der Waals surface area contributed by atoms with E-state index in [-0.39, 0.29) is 17.9 Å². The number of aromatic nitrogens is 1. The van der Waals surface area contributed by atoms with E-state index in [1.807, 2.05) is 9.80 Å². The van der Waals surface area contributed by atoms with E-state index in [0.717, 1.165) is 12.3 Å². The molecule has 2 aromatic rings. The molecule has 1 aromatic carbocycles. The number of pyridine rings is 1. The van der Waals surface area contributed by atoms with Crippen LogP contribution >= 0.6 is 0 Å². The van der Waals surface area contributed by atoms with Gasteiger partial charge in [0.2, 0.25) is 5.91 Å². The Bertz CT molecular complexity index is 969. The number of methoxy groups -OCH3 is 1. The minimum Gasteiger partial charge on any atom is -0.496 e. The van der Waals surface area contributed by atoms with Crippen molar-refractivity contribution in [1.82, 2.24) is 9.88 Å². The van der Waals surface area contributed by atoms with Gasteiger partial charge in [0.05, 0.1) is 30.2 Å². The molecule has 172 valence electrons. The Morgan fingerprint density at radius 2 is 2.00 bits per heavy atom. The van der Waals surface area contributed by atoms with Crippen LogP contribution in [0.4, 0.5) is 30.4 Å². The van der Waals surface area contributed by atoms with Gasteiger partial charge in [0.25, 0.3) is 5.69 Å². The minimum atomic E-state index is -4.44. The molecule has 1 N–H and O–H groups in total. The van der Waals surface area contributed by atoms with Gasteiger partial charge in [-0.2, -0.15) is 13.2 Å². The fraction of sp³-hybridized carbons (Fsp3) is 0.400. The van der Waals surface area contributed by atoms with Crippen molar-refractivity contribution in [3.8, 4) is 5.75 Å². The lowest BCUT2D eigenvalue weighted by atomic mass is 10.2. The van der Waals surface area contributed by atoms with Crippen molar-refractivity contribution >= 4 is 23.1 Å². The molecular formula is C20H22F3N5O4. The van der Waals surface area contributed by atoms with Crippen LogP contribution in [0.5, 0.6) is 5.75 Å². The Kier molecular flexibility index (Phi) is 7.13. The number of halogens is 3. The van der Waals surface area contributed by atoms with E-state index < -0.39 is 22.6 Å². The summed E-state index contributed by atoms with van der Waals surface area (Å²) >= 11 is 0. The second-order valence-corrected chi connectivity index (χ2v) is 7.21. The quantitative estimate of drug-likeness (QED) is 0.530. The van der Waals surface area contributed by atoms with Crippen LogP contribution in [0.3, 0.4) is 0 Å². The molecule has 3 rings (SSSR count). The normalized spacial score (nSPS) is 15.2. The third-order valence-electron chi connectivity index (χ3n) is 5.03. The van der Waals surface area contributed by atoms with Gasteiger partial charge < -0.3 is 15.0 Å². The maximum atomic E-state index is 12.7. The molecule has 1 saturated heterocycles. The third kappa shape index (κ3) is 5.84. The summed E-state index contributed by atoms with van der Waals surface area (Å²) in [6.07, 6.45) is -2.95. The molecule has 1 aromatic heterocycles. The molecule has 1 fully saturated rings. The zero-order valence-corrected chi connectivity index (χ0v) is 17.3. The van der Waals surface area contributed by atoms with Crippen LogP contribution in [-0.4, -0.2) is 60.5 Å². The number of nitro groups is 1. The standard InChI is InChI=1S/C20H22F3N5O4/c1-32-15-4-5-16(17(11-15)28(30)31)25-19(29)13-26-7-2-8-27(10-9-26)18-6-3-14(12-24-18)20(21,22)23/h3-6,11-12H,2,7-10,13H2,1H3,(H,25,29). The highest BCUT2D eigenvalue weighted by atomic mass is 19.4. The molecule has 1 aliphatic rings. The van der Waals surface area contributed by atoms with Crippen LogP contribution in [0.25, 0.3) is 0 Å². The van der Waals surface area contributed by atoms with Crippen molar-refractivity contribution in [3.05, 3.63) is 52.2 Å². The lowest BCUT2D eigenvalue weighted by molar-refractivity contribution is -0.384. The lowest BCUT2D eigenvalue weighted by Crippen LogP contribution is -2.36. The van der Waals surface area contributed by atoms with Gasteiger partial charge >= 0.3 is 6.18 Å². The highest BCUT2D eigenvalue weighted by Gasteiger charge is 2.31. The summed E-state index contributed by atoms with van der Waals surface area (Å²) in [7, 11) is 1.39. The molecule has 1 amide bonds. The number of carbonyl (C=O) groups excluding carboxylic acids is 1. The third-order valence-corrected chi connectivity index (χ3v) is 5.03. The Morgan fingerprint density at radius 1 is 1.22 bits per heavy atom. The molecule has 1 aliphatic heterocycles. The maximum Gasteiger partial charge on any atom is 0.417 e. The van der Waals surface area contributed by atoms with E-state index >= 15 is 0 Å². The molecule has 0 unspecified atom stereocenters. The zero-order valence-electron chi connectivity index (χ0n) is 17.3. The number of hydrogen-bond acceptors (Lipinski definition) is 7. The van der Waals surface area contributed by atoms with Crippen LogP contribution in [0.2, 0.25) is 0 Å². The lowest BCUT2D eigenvalue weighted by Gasteiger charge is -2.22. The van der Waals surface area contributed by atoms with E-state index in [2.05, 4.69) is 10.3 Å². The van der Waals surface area contributed by atoms with Gasteiger partial charge in [0.1, 0.15) is 17.3 Å². The molecule has 2 heterocycles. The first kappa shape index (κ1) is 23.3. The van der Waals surface area contributed by atoms with E-state index in [1.54, 1.807) is 0 Å². The first-order valence-corrected chi connectivity index (χ1v) is 9.80. The second kappa shape index (κ2) is 9.81. The number of anilines is 2. The van der Waals surface area contributed by atoms with Crippen LogP contribution < -0.4 is 15.0 Å². The van der Waals surface area contributed by atoms with Gasteiger partial charge in [0, 0.05) is 32.4 Å². The van der Waals surface area contributed by atoms with Crippen LogP contribution in [0.1, 0.15) is 12.0 Å². The van der Waals surface area contributed by atoms with Gasteiger partial charge in [-0.05, 0) is 30.7 Å². The molecular weight excluding hydrogens is 431 g/mol. The molecule has 0 aliphatic carbocycles. The molecule has 32 heavy (non-hydrogen) atoms. The van der Waals surface area contributed by atoms with Crippen molar-refractivity contribution in [3.63, 3.8) is 0 Å². The van der Waals surface area contributed by atoms with Crippen LogP contribution in [0.15, 0.2) is 36.5 Å². The second-order valence-electron chi connectivity index (χ2n) is 7.21. The maximum absolute atomic E-state index is 12.7. The number of nitrogens with zero attached hydrogens (tertiary/aromatic N) is 4. The Morgan fingerprint density at radius 3 is 2.62 bits per heavy atom. The Hall–Kier alpha value is -3.41. The van der Waals surface area contributed by atoms with Gasteiger partial charge in [-0.1, -0.05) is 0 Å². The highest BCUT2D eigenvalue weighted by molar-refractivity contribution is 5.94. The minimum absolute atomic E-state index is 0.0253. The van der Waals surface area contributed by atoms with Crippen LogP contribution in [-0.2, 0) is 11.0 Å². The number of benzene rings is 1. The van der Waals surface area contributed by atoms with E-state index in [4.69, 9.17) is 4.74 Å². The molecule has 0 spiro atoms. The first-order chi connectivity index (χ1) is 15.2. The average molecular weight is 453 g/mol. The number of nitrogens with one attached hydrogen (secondary N) is 1. The van der Waals surface area contributed by atoms with Crippen molar-refractivity contribution in [2.24, 2.45) is 0 Å². The number of carbonyl (C=O) groups is 1. The molecule has 0 atom stereocenters. The van der Waals surface area contributed by atoms with Gasteiger partial charge in [-0.25, -0.2) is 4.98 Å². The summed E-state index contributed by atoms with van der Waals surface area (Å²) in [6, 6.07) is 6.50. The van der Waals surface area contributed by atoms with Crippen molar-refractivity contribution < 1.29 is 27.6 Å². The summed E-state index contributed by atoms with van der Waals surface area (Å²) in [4.78, 5) is 30.8. The summed E-state index contributed by atoms with van der Waals surface area (Å²) in [5.74, 6) is 0.344. The largest absolute Gasteiger partial charge is 0.496 e. The summed E-state index contributed by atoms with van der Waals surface area (Å²) < 4.78 is 43.1. The summed E-state index contributed by atoms with van der Waals surface area (Å²) in [6.45, 7) is 2.17. The van der Waals surface area contributed by atoms with E-state index in [0.29, 0.717) is 44.2 Å². The number of alkyl halides is 3. The van der Waals surface area contributed by atoms with Crippen LogP contribution in [0, 0.1) is 10.1 Å². The number of amides is 1. The van der Waals surface area contributed by atoms with E-state index in [9.17, 15) is 28.1 Å². The fourth-order valence-corrected chi connectivity index (χ4v) is 3.39. The molecule has 0 bridgehead atoms. The fourth-order valence-electron chi connectivity index (χ4n) is 3.39. The SMILES string of the molecule is COc1ccc(NC(=O)CN2CCCN(c3ccc(C(F)(F)F)cn3)CC2)c([N+](=O)[O-])c1. The number of nitro benzene ring substituents is 1. The average Bonchev–Trinajstić information content (AvgIpc) is 2.99. The van der Waals surface area contributed by atoms with Crippen molar-refractivity contribution in [2.45, 2.75) is 12.6 Å². The van der Waals surface area contributed by atoms with Gasteiger partial charge in [0.15, 0.2) is 0 Å². The Balaban J connectivity index is 1.58. The summed E-state index contributed by atoms with van der Waals surface area (Å²) in [5.41, 5.74) is -0.999. The van der Waals surface area contributed by atoms with Crippen molar-refractivity contribution in [2.75, 3.05) is 50.1 Å². The predicted octanol–water partition coefficient (Wildman–Crippen LogP) is 3.17. The van der Waals surface area contributed by atoms with Gasteiger partial charge in [-0.3, -0.25) is 19.8 Å². The molecule has 0 saturated carbocycles. The topological polar surface area (TPSA) is 101 Å². The predicted molar refractivity (Wildman–Crippen MR) is 111 cm³/mol.